The Labute approximate surface area is 246 Å². The largest absolute Gasteiger partial charge is 0.477 e. The van der Waals surface area contributed by atoms with Crippen LogP contribution in [0.5, 0.6) is 0 Å². The lowest BCUT2D eigenvalue weighted by Gasteiger charge is -2.49. The molecule has 0 saturated carbocycles. The number of carboxylic acid groups (broad SMARTS) is 1. The lowest BCUT2D eigenvalue weighted by Crippen LogP contribution is -2.71. The number of β-lactam (4-membered cyclic amide) rings is 1. The molecule has 3 aromatic heterocycles. The summed E-state index contributed by atoms with van der Waals surface area (Å²) in [5, 5.41) is 18.9. The van der Waals surface area contributed by atoms with Crippen LogP contribution in [0.1, 0.15) is 5.69 Å². The Morgan fingerprint density at radius 3 is 2.95 bits per heavy atom. The van der Waals surface area contributed by atoms with E-state index in [-0.39, 0.29) is 35.4 Å². The summed E-state index contributed by atoms with van der Waals surface area (Å²) < 4.78 is 3.97. The highest BCUT2D eigenvalue weighted by atomic mass is 32.2. The van der Waals surface area contributed by atoms with Gasteiger partial charge in [-0.25, -0.2) is 14.3 Å². The molecule has 16 heteroatoms. The molecule has 2 aliphatic rings. The summed E-state index contributed by atoms with van der Waals surface area (Å²) in [5.41, 5.74) is 12.8. The fourth-order valence-corrected chi connectivity index (χ4v) is 7.17. The first-order valence-electron chi connectivity index (χ1n) is 12.4. The van der Waals surface area contributed by atoms with Gasteiger partial charge in [-0.3, -0.25) is 14.5 Å². The third kappa shape index (κ3) is 5.68. The predicted octanol–water partition coefficient (Wildman–Crippen LogP) is 0.662. The van der Waals surface area contributed by atoms with Crippen LogP contribution >= 0.6 is 34.9 Å². The molecule has 0 aliphatic carbocycles. The maximum Gasteiger partial charge on any atom is 0.352 e. The number of hydrogen-bond acceptors (Lipinski definition) is 11. The van der Waals surface area contributed by atoms with Crippen molar-refractivity contribution in [1.29, 1.82) is 0 Å². The van der Waals surface area contributed by atoms with E-state index >= 15 is 0 Å². The number of pyridine rings is 1. The van der Waals surface area contributed by atoms with Crippen molar-refractivity contribution < 1.29 is 28.9 Å². The lowest BCUT2D eigenvalue weighted by atomic mass is 10.0. The molecule has 214 valence electrons. The zero-order valence-electron chi connectivity index (χ0n) is 21.6. The fourth-order valence-electron chi connectivity index (χ4n) is 4.49. The van der Waals surface area contributed by atoms with E-state index in [1.54, 1.807) is 17.1 Å². The molecule has 5 heterocycles. The van der Waals surface area contributed by atoms with Crippen LogP contribution in [0.3, 0.4) is 0 Å². The Kier molecular flexibility index (Phi) is 8.63. The minimum atomic E-state index is -1.20. The minimum Gasteiger partial charge on any atom is -0.477 e. The molecule has 0 aromatic carbocycles. The molecular weight excluding hydrogens is 589 g/mol. The molecule has 6 N–H and O–H groups in total. The Hall–Kier alpha value is -3.86. The number of imidazole rings is 1. The summed E-state index contributed by atoms with van der Waals surface area (Å²) in [6.45, 7) is 4.44. The van der Waals surface area contributed by atoms with Crippen molar-refractivity contribution in [3.8, 4) is 0 Å². The van der Waals surface area contributed by atoms with Crippen LogP contribution in [-0.2, 0) is 25.8 Å². The molecule has 0 spiro atoms. The number of carbonyl (C=O) groups is 3. The molecule has 1 fully saturated rings. The van der Waals surface area contributed by atoms with Gasteiger partial charge < -0.3 is 26.7 Å². The van der Waals surface area contributed by atoms with Gasteiger partial charge in [-0.1, -0.05) is 29.6 Å². The van der Waals surface area contributed by atoms with Gasteiger partial charge >= 0.3 is 5.97 Å². The molecule has 5 rings (SSSR count). The normalized spacial score (nSPS) is 18.7. The third-order valence-corrected chi connectivity index (χ3v) is 9.33. The molecule has 1 saturated heterocycles. The minimum absolute atomic E-state index is 0.0591. The van der Waals surface area contributed by atoms with Crippen LogP contribution in [0.2, 0.25) is 0 Å². The molecule has 0 bridgehead atoms. The number of aromatic nitrogens is 3. The molecule has 2 amide bonds. The van der Waals surface area contributed by atoms with Crippen LogP contribution in [0, 0.1) is 0 Å². The number of hydrogen-bond donors (Lipinski definition) is 4. The second-order valence-corrected chi connectivity index (χ2v) is 12.0. The van der Waals surface area contributed by atoms with Gasteiger partial charge in [0.25, 0.3) is 17.5 Å². The van der Waals surface area contributed by atoms with E-state index in [1.807, 2.05) is 39.6 Å². The number of anilines is 1. The molecule has 0 radical (unpaired) electrons. The molecule has 2 atom stereocenters. The van der Waals surface area contributed by atoms with Crippen molar-refractivity contribution >= 4 is 69.1 Å². The average molecular weight is 616 g/mol. The number of aliphatic carboxylic acids is 1. The van der Waals surface area contributed by atoms with Gasteiger partial charge in [-0.05, 0) is 12.1 Å². The summed E-state index contributed by atoms with van der Waals surface area (Å²) in [6, 6.07) is 4.93. The first-order valence-corrected chi connectivity index (χ1v) is 15.3. The van der Waals surface area contributed by atoms with E-state index in [0.29, 0.717) is 17.9 Å². The fraction of sp³-hybridized carbons (Fsp3) is 0.280. The zero-order valence-corrected chi connectivity index (χ0v) is 24.1. The molecule has 0 unspecified atom stereocenters. The van der Waals surface area contributed by atoms with Gasteiger partial charge in [0.15, 0.2) is 15.9 Å². The number of carbonyl (C=O) groups excluding carboxylic acids is 2. The number of fused-ring (bicyclic) bond motifs is 2. The number of amides is 2. The van der Waals surface area contributed by atoms with Crippen LogP contribution in [-0.4, -0.2) is 79.0 Å². The van der Waals surface area contributed by atoms with Gasteiger partial charge in [0.2, 0.25) is 0 Å². The van der Waals surface area contributed by atoms with Crippen molar-refractivity contribution in [2.45, 2.75) is 23.0 Å². The second kappa shape index (κ2) is 12.3. The Morgan fingerprint density at radius 1 is 1.41 bits per heavy atom. The van der Waals surface area contributed by atoms with Crippen molar-refractivity contribution in [2.24, 2.45) is 10.9 Å². The first kappa shape index (κ1) is 28.7. The van der Waals surface area contributed by atoms with Gasteiger partial charge in [0.05, 0.1) is 0 Å². The summed E-state index contributed by atoms with van der Waals surface area (Å²) >= 11 is 4.14. The highest BCUT2D eigenvalue weighted by Gasteiger charge is 2.54. The second-order valence-electron chi connectivity index (χ2n) is 8.87. The van der Waals surface area contributed by atoms with E-state index < -0.39 is 29.2 Å². The number of oxime groups is 1. The SMILES string of the molecule is C=CCON=C(C(=O)N[C@H]1C(=O)N2C(C(=O)O)=C(C[n+]3ccn4c(SCCN)cccc43)CS[C@@H]12)c1csc(N)n1. The van der Waals surface area contributed by atoms with E-state index in [0.717, 1.165) is 27.8 Å². The van der Waals surface area contributed by atoms with E-state index in [1.165, 1.54) is 22.7 Å². The number of rotatable bonds is 12. The van der Waals surface area contributed by atoms with Crippen molar-refractivity contribution in [3.63, 3.8) is 0 Å². The Bertz CT molecular complexity index is 1580. The number of carboxylic acids is 1. The maximum atomic E-state index is 13.2. The summed E-state index contributed by atoms with van der Waals surface area (Å²) in [5.74, 6) is -1.29. The average Bonchev–Trinajstić information content (AvgIpc) is 3.58. The maximum absolute atomic E-state index is 13.2. The molecule has 3 aromatic rings. The molecular formula is C25H27N8O5S3+. The molecule has 41 heavy (non-hydrogen) atoms. The smallest absolute Gasteiger partial charge is 0.352 e. The van der Waals surface area contributed by atoms with Crippen LogP contribution in [0.4, 0.5) is 5.13 Å². The van der Waals surface area contributed by atoms with Gasteiger partial charge in [-0.15, -0.1) is 23.1 Å². The van der Waals surface area contributed by atoms with Crippen LogP contribution < -0.4 is 21.4 Å². The van der Waals surface area contributed by atoms with Gasteiger partial charge in [-0.2, -0.15) is 4.40 Å². The van der Waals surface area contributed by atoms with E-state index in [2.05, 4.69) is 22.0 Å². The number of thioether (sulfide) groups is 2. The number of thiazole rings is 1. The van der Waals surface area contributed by atoms with Crippen LogP contribution in [0.15, 0.2) is 70.1 Å². The van der Waals surface area contributed by atoms with Crippen molar-refractivity contribution in [2.75, 3.05) is 30.4 Å². The van der Waals surface area contributed by atoms with E-state index in [4.69, 9.17) is 16.3 Å². The zero-order chi connectivity index (χ0) is 29.1. The monoisotopic (exact) mass is 615 g/mol. The Morgan fingerprint density at radius 2 is 2.24 bits per heavy atom. The number of nitrogen functional groups attached to an aromatic ring is 1. The van der Waals surface area contributed by atoms with Crippen LogP contribution in [0.25, 0.3) is 5.65 Å². The standard InChI is InChI=1S/C25H26N8O5S3/c1-2-9-38-30-18(15-13-41-25(27)28-15)21(34)29-19-22(35)33-20(24(36)37)14(12-40-23(19)33)11-31-7-8-32-16(31)4-3-5-17(32)39-10-6-26/h2-5,7-8,13,19,23H,1,6,9-12,26H2,(H3-,27,28,29,34,36,37)/p+1/t19-,23-/m0/s1. The summed E-state index contributed by atoms with van der Waals surface area (Å²) in [7, 11) is 0. The number of nitrogens with zero attached hydrogens (tertiary/aromatic N) is 5. The molecule has 13 nitrogen and oxygen atoms in total. The quantitative estimate of drug-likeness (QED) is 0.0430. The van der Waals surface area contributed by atoms with Gasteiger partial charge in [0, 0.05) is 35.1 Å². The lowest BCUT2D eigenvalue weighted by molar-refractivity contribution is -0.662. The highest BCUT2D eigenvalue weighted by molar-refractivity contribution is 8.00. The highest BCUT2D eigenvalue weighted by Crippen LogP contribution is 2.40. The topological polar surface area (TPSA) is 182 Å². The summed E-state index contributed by atoms with van der Waals surface area (Å²) in [4.78, 5) is 49.2. The van der Waals surface area contributed by atoms with Crippen molar-refractivity contribution in [1.82, 2.24) is 19.6 Å². The van der Waals surface area contributed by atoms with Crippen molar-refractivity contribution in [3.05, 3.63) is 65.6 Å². The number of nitrogens with two attached hydrogens (primary N) is 2. The van der Waals surface area contributed by atoms with E-state index in [9.17, 15) is 19.5 Å². The predicted molar refractivity (Wildman–Crippen MR) is 156 cm³/mol. The first-order chi connectivity index (χ1) is 19.8. The third-order valence-electron chi connectivity index (χ3n) is 6.25. The number of nitrogens with one attached hydrogen (secondary N) is 1. The van der Waals surface area contributed by atoms with Gasteiger partial charge in [0.1, 0.15) is 48.4 Å². The molecule has 2 aliphatic heterocycles. The summed E-state index contributed by atoms with van der Waals surface area (Å²) in [6.07, 6.45) is 5.27. The Balaban J connectivity index is 1.36.